The molecule has 128 valence electrons. The number of hydrogen-bond donors (Lipinski definition) is 2. The highest BCUT2D eigenvalue weighted by atomic mass is 32.2. The van der Waals surface area contributed by atoms with Gasteiger partial charge in [0, 0.05) is 35.6 Å². The molecule has 23 heavy (non-hydrogen) atoms. The van der Waals surface area contributed by atoms with Gasteiger partial charge in [0.25, 0.3) is 0 Å². The Labute approximate surface area is 143 Å². The van der Waals surface area contributed by atoms with Crippen molar-refractivity contribution in [2.75, 3.05) is 39.1 Å². The fourth-order valence-electron chi connectivity index (χ4n) is 2.90. The number of carbonyl (C=O) groups excluding carboxylic acids is 1. The minimum Gasteiger partial charge on any atom is -0.384 e. The molecule has 1 heterocycles. The molecule has 0 spiro atoms. The van der Waals surface area contributed by atoms with Crippen molar-refractivity contribution in [2.45, 2.75) is 24.7 Å². The van der Waals surface area contributed by atoms with Crippen molar-refractivity contribution in [3.8, 4) is 0 Å². The van der Waals surface area contributed by atoms with Crippen LogP contribution in [0.5, 0.6) is 0 Å². The lowest BCUT2D eigenvalue weighted by Crippen LogP contribution is -2.48. The second-order valence-electron chi connectivity index (χ2n) is 6.43. The zero-order valence-electron chi connectivity index (χ0n) is 14.1. The van der Waals surface area contributed by atoms with Crippen LogP contribution in [-0.4, -0.2) is 45.0 Å². The van der Waals surface area contributed by atoms with E-state index in [9.17, 15) is 4.79 Å². The molecule has 1 fully saturated rings. The van der Waals surface area contributed by atoms with Crippen molar-refractivity contribution in [1.82, 2.24) is 10.6 Å². The first kappa shape index (κ1) is 18.3. The van der Waals surface area contributed by atoms with Gasteiger partial charge in [-0.2, -0.15) is 0 Å². The Hall–Kier alpha value is -1.04. The number of rotatable bonds is 8. The molecule has 1 amide bonds. The average Bonchev–Trinajstić information content (AvgIpc) is 2.59. The third kappa shape index (κ3) is 5.83. The van der Waals surface area contributed by atoms with Crippen molar-refractivity contribution in [2.24, 2.45) is 11.3 Å². The van der Waals surface area contributed by atoms with Crippen LogP contribution in [0.4, 0.5) is 0 Å². The molecular formula is C18H28N2O2S. The van der Waals surface area contributed by atoms with Crippen molar-refractivity contribution < 1.29 is 9.53 Å². The Morgan fingerprint density at radius 3 is 2.70 bits per heavy atom. The van der Waals surface area contributed by atoms with Gasteiger partial charge in [-0.1, -0.05) is 25.1 Å². The second-order valence-corrected chi connectivity index (χ2v) is 7.52. The molecule has 1 unspecified atom stereocenters. The van der Waals surface area contributed by atoms with Crippen LogP contribution in [0.3, 0.4) is 0 Å². The molecule has 1 saturated heterocycles. The summed E-state index contributed by atoms with van der Waals surface area (Å²) in [6.07, 6.45) is 2.10. The van der Waals surface area contributed by atoms with Crippen LogP contribution in [0.2, 0.25) is 0 Å². The van der Waals surface area contributed by atoms with E-state index in [4.69, 9.17) is 4.74 Å². The molecule has 1 aromatic carbocycles. The zero-order valence-corrected chi connectivity index (χ0v) is 15.0. The third-order valence-electron chi connectivity index (χ3n) is 4.44. The van der Waals surface area contributed by atoms with E-state index in [0.29, 0.717) is 13.2 Å². The monoisotopic (exact) mass is 336 g/mol. The molecule has 1 aliphatic heterocycles. The van der Waals surface area contributed by atoms with Gasteiger partial charge in [0.2, 0.25) is 5.91 Å². The third-order valence-corrected chi connectivity index (χ3v) is 5.72. The van der Waals surface area contributed by atoms with Gasteiger partial charge in [-0.3, -0.25) is 4.79 Å². The lowest BCUT2D eigenvalue weighted by Gasteiger charge is -2.37. The quantitative estimate of drug-likeness (QED) is 0.716. The number of ether oxygens (including phenoxy) is 1. The van der Waals surface area contributed by atoms with Crippen LogP contribution in [0.1, 0.15) is 19.8 Å². The van der Waals surface area contributed by atoms with Crippen LogP contribution in [0.25, 0.3) is 0 Å². The van der Waals surface area contributed by atoms with E-state index in [1.165, 1.54) is 4.90 Å². The van der Waals surface area contributed by atoms with Crippen LogP contribution in [0, 0.1) is 11.3 Å². The van der Waals surface area contributed by atoms with E-state index in [1.807, 2.05) is 25.1 Å². The van der Waals surface area contributed by atoms with Gasteiger partial charge in [-0.15, -0.1) is 11.8 Å². The molecule has 0 saturated carbocycles. The smallest absolute Gasteiger partial charge is 0.223 e. The zero-order chi connectivity index (χ0) is 16.5. The summed E-state index contributed by atoms with van der Waals surface area (Å²) in [5.41, 5.74) is 0.0853. The SMILES string of the molecule is COCC1(CNC(=O)C(C)CSc2ccccc2)CCNCC1. The standard InChI is InChI=1S/C18H28N2O2S/c1-15(12-23-16-6-4-3-5-7-16)17(21)20-13-18(14-22-2)8-10-19-11-9-18/h3-7,15,19H,8-14H2,1-2H3,(H,20,21). The lowest BCUT2D eigenvalue weighted by molar-refractivity contribution is -0.124. The fraction of sp³-hybridized carbons (Fsp3) is 0.611. The van der Waals surface area contributed by atoms with Crippen molar-refractivity contribution in [3.63, 3.8) is 0 Å². The minimum absolute atomic E-state index is 0.00140. The molecular weight excluding hydrogens is 308 g/mol. The summed E-state index contributed by atoms with van der Waals surface area (Å²) < 4.78 is 5.40. The molecule has 5 heteroatoms. The summed E-state index contributed by atoms with van der Waals surface area (Å²) >= 11 is 1.73. The topological polar surface area (TPSA) is 50.4 Å². The minimum atomic E-state index is 0.00140. The second kappa shape index (κ2) is 9.30. The number of thioether (sulfide) groups is 1. The molecule has 1 aromatic rings. The van der Waals surface area contributed by atoms with Crippen molar-refractivity contribution >= 4 is 17.7 Å². The lowest BCUT2D eigenvalue weighted by atomic mass is 9.79. The molecule has 4 nitrogen and oxygen atoms in total. The van der Waals surface area contributed by atoms with E-state index in [2.05, 4.69) is 22.8 Å². The average molecular weight is 337 g/mol. The van der Waals surface area contributed by atoms with Gasteiger partial charge in [0.15, 0.2) is 0 Å². The predicted molar refractivity (Wildman–Crippen MR) is 95.8 cm³/mol. The van der Waals surface area contributed by atoms with Crippen LogP contribution < -0.4 is 10.6 Å². The molecule has 2 rings (SSSR count). The van der Waals surface area contributed by atoms with Crippen LogP contribution >= 0.6 is 11.8 Å². The number of hydrogen-bond acceptors (Lipinski definition) is 4. The molecule has 0 bridgehead atoms. The summed E-state index contributed by atoms with van der Waals surface area (Å²) in [5, 5.41) is 6.53. The van der Waals surface area contributed by atoms with E-state index in [1.54, 1.807) is 18.9 Å². The number of piperidine rings is 1. The van der Waals surface area contributed by atoms with E-state index < -0.39 is 0 Å². The van der Waals surface area contributed by atoms with Crippen LogP contribution in [0.15, 0.2) is 35.2 Å². The van der Waals surface area contributed by atoms with E-state index >= 15 is 0 Å². The summed E-state index contributed by atoms with van der Waals surface area (Å²) in [6.45, 7) is 5.41. The highest BCUT2D eigenvalue weighted by Crippen LogP contribution is 2.28. The number of carbonyl (C=O) groups is 1. The Kier molecular flexibility index (Phi) is 7.40. The number of amides is 1. The van der Waals surface area contributed by atoms with E-state index in [0.717, 1.165) is 31.7 Å². The Bertz CT molecular complexity index is 470. The van der Waals surface area contributed by atoms with Gasteiger partial charge in [-0.05, 0) is 38.1 Å². The summed E-state index contributed by atoms with van der Waals surface area (Å²) in [5.74, 6) is 0.943. The first-order valence-electron chi connectivity index (χ1n) is 8.30. The molecule has 2 N–H and O–H groups in total. The number of benzene rings is 1. The fourth-order valence-corrected chi connectivity index (χ4v) is 3.84. The molecule has 0 radical (unpaired) electrons. The van der Waals surface area contributed by atoms with Crippen molar-refractivity contribution in [1.29, 1.82) is 0 Å². The maximum Gasteiger partial charge on any atom is 0.223 e. The van der Waals surface area contributed by atoms with Crippen molar-refractivity contribution in [3.05, 3.63) is 30.3 Å². The molecule has 1 atom stereocenters. The highest BCUT2D eigenvalue weighted by Gasteiger charge is 2.32. The Morgan fingerprint density at radius 2 is 2.04 bits per heavy atom. The van der Waals surface area contributed by atoms with Gasteiger partial charge < -0.3 is 15.4 Å². The largest absolute Gasteiger partial charge is 0.384 e. The first-order valence-corrected chi connectivity index (χ1v) is 9.29. The predicted octanol–water partition coefficient (Wildman–Crippen LogP) is 2.55. The summed E-state index contributed by atoms with van der Waals surface area (Å²) in [4.78, 5) is 13.6. The molecule has 1 aliphatic rings. The number of nitrogens with one attached hydrogen (secondary N) is 2. The maximum absolute atomic E-state index is 12.4. The van der Waals surface area contributed by atoms with Gasteiger partial charge in [0.1, 0.15) is 0 Å². The van der Waals surface area contributed by atoms with Gasteiger partial charge in [0.05, 0.1) is 6.61 Å². The Balaban J connectivity index is 1.78. The van der Waals surface area contributed by atoms with Gasteiger partial charge in [-0.25, -0.2) is 0 Å². The summed E-state index contributed by atoms with van der Waals surface area (Å²) in [7, 11) is 1.74. The molecule has 0 aliphatic carbocycles. The van der Waals surface area contributed by atoms with E-state index in [-0.39, 0.29) is 17.2 Å². The maximum atomic E-state index is 12.4. The van der Waals surface area contributed by atoms with Gasteiger partial charge >= 0.3 is 0 Å². The summed E-state index contributed by atoms with van der Waals surface area (Å²) in [6, 6.07) is 10.2. The van der Waals surface area contributed by atoms with Crippen LogP contribution in [-0.2, 0) is 9.53 Å². The normalized spacial score (nSPS) is 18.3. The first-order chi connectivity index (χ1) is 11.2. The molecule has 0 aromatic heterocycles. The number of methoxy groups -OCH3 is 1. The highest BCUT2D eigenvalue weighted by molar-refractivity contribution is 7.99. The Morgan fingerprint density at radius 1 is 1.35 bits per heavy atom.